The number of piperidine rings is 1. The fraction of sp³-hybridized carbons (Fsp3) is 0.611. The number of amides is 1. The highest BCUT2D eigenvalue weighted by Gasteiger charge is 2.26. The summed E-state index contributed by atoms with van der Waals surface area (Å²) in [4.78, 5) is 15.0. The minimum absolute atomic E-state index is 0.0523. The number of hydrogen-bond acceptors (Lipinski definition) is 4. The third kappa shape index (κ3) is 3.86. The highest BCUT2D eigenvalue weighted by atomic mass is 16.2. The number of nitrogens with zero attached hydrogens (tertiary/aromatic N) is 5. The highest BCUT2D eigenvalue weighted by Crippen LogP contribution is 2.22. The number of hydrogen-bond donors (Lipinski definition) is 1. The molecule has 7 nitrogen and oxygen atoms in total. The van der Waals surface area contributed by atoms with Crippen LogP contribution in [-0.2, 0) is 19.5 Å². The van der Waals surface area contributed by atoms with Crippen LogP contribution in [0, 0.1) is 0 Å². The maximum atomic E-state index is 12.7. The summed E-state index contributed by atoms with van der Waals surface area (Å²) in [6, 6.07) is 2.03. The van der Waals surface area contributed by atoms with Crippen LogP contribution in [-0.4, -0.2) is 44.6 Å². The molecule has 0 bridgehead atoms. The van der Waals surface area contributed by atoms with Crippen LogP contribution < -0.4 is 10.2 Å². The molecule has 1 amide bonds. The number of aromatic nitrogens is 4. The van der Waals surface area contributed by atoms with Crippen molar-refractivity contribution in [1.82, 2.24) is 24.9 Å². The zero-order chi connectivity index (χ0) is 18.2. The summed E-state index contributed by atoms with van der Waals surface area (Å²) < 4.78 is 3.48. The Morgan fingerprint density at radius 1 is 1.32 bits per heavy atom. The number of rotatable bonds is 3. The summed E-state index contributed by atoms with van der Waals surface area (Å²) in [5.41, 5.74) is 2.58. The van der Waals surface area contributed by atoms with Crippen molar-refractivity contribution >= 4 is 11.6 Å². The molecule has 1 aliphatic heterocycles. The topological polar surface area (TPSA) is 68.0 Å². The van der Waals surface area contributed by atoms with E-state index in [0.29, 0.717) is 5.69 Å². The monoisotopic (exact) mass is 344 g/mol. The molecule has 1 saturated heterocycles. The summed E-state index contributed by atoms with van der Waals surface area (Å²) >= 11 is 0. The molecule has 1 aliphatic rings. The number of anilines is 1. The first-order valence-electron chi connectivity index (χ1n) is 8.83. The van der Waals surface area contributed by atoms with Crippen molar-refractivity contribution < 1.29 is 4.79 Å². The van der Waals surface area contributed by atoms with Crippen LogP contribution in [0.1, 0.15) is 49.8 Å². The lowest BCUT2D eigenvalue weighted by atomic mass is 9.92. The average Bonchev–Trinajstić information content (AvgIpc) is 3.13. The van der Waals surface area contributed by atoms with Gasteiger partial charge in [-0.1, -0.05) is 20.8 Å². The van der Waals surface area contributed by atoms with Gasteiger partial charge in [0.15, 0.2) is 0 Å². The third-order valence-corrected chi connectivity index (χ3v) is 4.69. The van der Waals surface area contributed by atoms with Gasteiger partial charge in [0.2, 0.25) is 0 Å². The van der Waals surface area contributed by atoms with Crippen molar-refractivity contribution in [2.45, 2.75) is 45.1 Å². The van der Waals surface area contributed by atoms with Crippen LogP contribution in [0.2, 0.25) is 0 Å². The second-order valence-corrected chi connectivity index (χ2v) is 7.92. The second kappa shape index (κ2) is 6.54. The minimum Gasteiger partial charge on any atom is -0.367 e. The first kappa shape index (κ1) is 17.5. The first-order valence-corrected chi connectivity index (χ1v) is 8.83. The van der Waals surface area contributed by atoms with Crippen molar-refractivity contribution in [2.75, 3.05) is 18.0 Å². The van der Waals surface area contributed by atoms with E-state index < -0.39 is 0 Å². The molecule has 7 heteroatoms. The molecule has 0 saturated carbocycles. The van der Waals surface area contributed by atoms with Crippen LogP contribution in [0.3, 0.4) is 0 Å². The molecule has 1 atom stereocenters. The molecule has 2 aromatic heterocycles. The summed E-state index contributed by atoms with van der Waals surface area (Å²) in [5, 5.41) is 11.9. The molecule has 0 radical (unpaired) electrons. The molecule has 0 spiro atoms. The van der Waals surface area contributed by atoms with E-state index in [1.807, 2.05) is 32.6 Å². The Kier molecular flexibility index (Phi) is 4.58. The fourth-order valence-electron chi connectivity index (χ4n) is 3.21. The van der Waals surface area contributed by atoms with Gasteiger partial charge < -0.3 is 10.2 Å². The van der Waals surface area contributed by atoms with Gasteiger partial charge in [-0.2, -0.15) is 10.2 Å². The van der Waals surface area contributed by atoms with Gasteiger partial charge in [-0.15, -0.1) is 0 Å². The molecular weight excluding hydrogens is 316 g/mol. The third-order valence-electron chi connectivity index (χ3n) is 4.69. The normalized spacial score (nSPS) is 18.4. The van der Waals surface area contributed by atoms with Gasteiger partial charge in [-0.25, -0.2) is 0 Å². The predicted octanol–water partition coefficient (Wildman–Crippen LogP) is 1.85. The lowest BCUT2D eigenvalue weighted by molar-refractivity contribution is 0.0923. The molecule has 136 valence electrons. The van der Waals surface area contributed by atoms with Gasteiger partial charge in [0, 0.05) is 44.8 Å². The summed E-state index contributed by atoms with van der Waals surface area (Å²) in [7, 11) is 3.74. The SMILES string of the molecule is Cn1cc(N2CCCC(NC(=O)c3cc(C(C)(C)C)nn3C)C2)cn1. The molecule has 25 heavy (non-hydrogen) atoms. The van der Waals surface area contributed by atoms with Crippen molar-refractivity contribution in [3.05, 3.63) is 29.8 Å². The molecule has 0 aliphatic carbocycles. The summed E-state index contributed by atoms with van der Waals surface area (Å²) in [6.45, 7) is 8.11. The van der Waals surface area contributed by atoms with E-state index in [4.69, 9.17) is 0 Å². The lowest BCUT2D eigenvalue weighted by Gasteiger charge is -2.33. The standard InChI is InChI=1S/C18H28N6O/c1-18(2,3)16-9-15(23(5)21-16)17(25)20-13-7-6-8-24(11-13)14-10-19-22(4)12-14/h9-10,12-13H,6-8,11H2,1-5H3,(H,20,25). The van der Waals surface area contributed by atoms with Gasteiger partial charge in [0.05, 0.1) is 17.6 Å². The van der Waals surface area contributed by atoms with Crippen molar-refractivity contribution in [3.63, 3.8) is 0 Å². The molecule has 1 N–H and O–H groups in total. The minimum atomic E-state index is -0.0712. The fourth-order valence-corrected chi connectivity index (χ4v) is 3.21. The van der Waals surface area contributed by atoms with Crippen LogP contribution in [0.25, 0.3) is 0 Å². The number of carbonyl (C=O) groups is 1. The largest absolute Gasteiger partial charge is 0.367 e. The van der Waals surface area contributed by atoms with Crippen LogP contribution in [0.15, 0.2) is 18.5 Å². The zero-order valence-corrected chi connectivity index (χ0v) is 15.8. The smallest absolute Gasteiger partial charge is 0.269 e. The maximum absolute atomic E-state index is 12.7. The Balaban J connectivity index is 1.67. The average molecular weight is 344 g/mol. The first-order chi connectivity index (χ1) is 11.7. The van der Waals surface area contributed by atoms with E-state index in [-0.39, 0.29) is 17.4 Å². The van der Waals surface area contributed by atoms with Crippen molar-refractivity contribution in [2.24, 2.45) is 14.1 Å². The zero-order valence-electron chi connectivity index (χ0n) is 15.8. The molecule has 3 rings (SSSR count). The Bertz CT molecular complexity index is 754. The predicted molar refractivity (Wildman–Crippen MR) is 97.8 cm³/mol. The van der Waals surface area contributed by atoms with Gasteiger partial charge in [-0.3, -0.25) is 14.2 Å². The van der Waals surface area contributed by atoms with Crippen molar-refractivity contribution in [3.8, 4) is 0 Å². The Morgan fingerprint density at radius 3 is 2.68 bits per heavy atom. The summed E-state index contributed by atoms with van der Waals surface area (Å²) in [6.07, 6.45) is 5.94. The van der Waals surface area contributed by atoms with Crippen LogP contribution in [0.5, 0.6) is 0 Å². The molecule has 1 fully saturated rings. The van der Waals surface area contributed by atoms with E-state index in [2.05, 4.69) is 41.2 Å². The molecule has 3 heterocycles. The van der Waals surface area contributed by atoms with E-state index in [0.717, 1.165) is 37.3 Å². The second-order valence-electron chi connectivity index (χ2n) is 7.92. The number of carbonyl (C=O) groups excluding carboxylic acids is 1. The van der Waals surface area contributed by atoms with E-state index in [1.54, 1.807) is 9.36 Å². The summed E-state index contributed by atoms with van der Waals surface area (Å²) in [5.74, 6) is -0.0523. The molecular formula is C18H28N6O. The Labute approximate surface area is 149 Å². The molecule has 0 aromatic carbocycles. The van der Waals surface area contributed by atoms with Crippen molar-refractivity contribution in [1.29, 1.82) is 0 Å². The quantitative estimate of drug-likeness (QED) is 0.923. The number of nitrogens with one attached hydrogen (secondary N) is 1. The van der Waals surface area contributed by atoms with Gasteiger partial charge in [0.25, 0.3) is 5.91 Å². The van der Waals surface area contributed by atoms with Crippen LogP contribution >= 0.6 is 0 Å². The Hall–Kier alpha value is -2.31. The number of aryl methyl sites for hydroxylation is 2. The van der Waals surface area contributed by atoms with Crippen LogP contribution in [0.4, 0.5) is 5.69 Å². The van der Waals surface area contributed by atoms with Gasteiger partial charge >= 0.3 is 0 Å². The lowest BCUT2D eigenvalue weighted by Crippen LogP contribution is -2.48. The van der Waals surface area contributed by atoms with E-state index >= 15 is 0 Å². The van der Waals surface area contributed by atoms with Gasteiger partial charge in [-0.05, 0) is 18.9 Å². The van der Waals surface area contributed by atoms with E-state index in [1.165, 1.54) is 0 Å². The highest BCUT2D eigenvalue weighted by molar-refractivity contribution is 5.93. The molecule has 1 unspecified atom stereocenters. The molecule has 2 aromatic rings. The Morgan fingerprint density at radius 2 is 2.08 bits per heavy atom. The maximum Gasteiger partial charge on any atom is 0.269 e. The van der Waals surface area contributed by atoms with Gasteiger partial charge in [0.1, 0.15) is 5.69 Å². The van der Waals surface area contributed by atoms with E-state index in [9.17, 15) is 4.79 Å².